The molecule has 2 nitrogen and oxygen atoms in total. The van der Waals surface area contributed by atoms with Crippen LogP contribution in [0.5, 0.6) is 0 Å². The summed E-state index contributed by atoms with van der Waals surface area (Å²) in [7, 11) is 0. The summed E-state index contributed by atoms with van der Waals surface area (Å²) in [5.74, 6) is 0. The molecule has 0 aliphatic rings. The topological polar surface area (TPSA) is 29.5 Å². The van der Waals surface area contributed by atoms with Crippen LogP contribution in [-0.4, -0.2) is 17.3 Å². The van der Waals surface area contributed by atoms with Crippen molar-refractivity contribution in [1.29, 1.82) is 0 Å². The van der Waals surface area contributed by atoms with E-state index >= 15 is 0 Å². The van der Waals surface area contributed by atoms with E-state index in [9.17, 15) is 5.11 Å². The number of ether oxygens (including phenoxy) is 1. The summed E-state index contributed by atoms with van der Waals surface area (Å²) >= 11 is 2.11. The number of benzene rings is 3. The Bertz CT molecular complexity index is 762. The molecule has 0 saturated heterocycles. The highest BCUT2D eigenvalue weighted by Crippen LogP contribution is 2.41. The van der Waals surface area contributed by atoms with Gasteiger partial charge in [0, 0.05) is 0 Å². The average molecular weight is 470 g/mol. The van der Waals surface area contributed by atoms with Crippen LogP contribution >= 0.6 is 22.6 Å². The summed E-state index contributed by atoms with van der Waals surface area (Å²) in [6, 6.07) is 30.5. The van der Waals surface area contributed by atoms with Gasteiger partial charge in [-0.15, -0.1) is 0 Å². The van der Waals surface area contributed by atoms with Gasteiger partial charge in [-0.1, -0.05) is 114 Å². The second kappa shape index (κ2) is 8.83. The Morgan fingerprint density at radius 2 is 1.15 bits per heavy atom. The fraction of sp³-hybridized carbons (Fsp3) is 0.167. The molecule has 3 heteroatoms. The first-order valence-electron chi connectivity index (χ1n) is 8.89. The molecule has 0 saturated carbocycles. The van der Waals surface area contributed by atoms with Crippen molar-refractivity contribution in [3.8, 4) is 0 Å². The molecule has 0 unspecified atom stereocenters. The lowest BCUT2D eigenvalue weighted by molar-refractivity contribution is -0.0620. The minimum Gasteiger partial charge on any atom is -0.384 e. The van der Waals surface area contributed by atoms with Crippen LogP contribution < -0.4 is 0 Å². The highest BCUT2D eigenvalue weighted by molar-refractivity contribution is 14.1. The Morgan fingerprint density at radius 3 is 1.48 bits per heavy atom. The molecule has 0 aliphatic heterocycles. The van der Waals surface area contributed by atoms with Gasteiger partial charge in [-0.05, 0) is 33.8 Å². The van der Waals surface area contributed by atoms with E-state index in [1.807, 2.05) is 58.7 Å². The van der Waals surface area contributed by atoms with E-state index in [2.05, 4.69) is 59.0 Å². The minimum absolute atomic E-state index is 0.158. The van der Waals surface area contributed by atoms with Gasteiger partial charge in [-0.25, -0.2) is 0 Å². The third kappa shape index (κ3) is 4.49. The van der Waals surface area contributed by atoms with E-state index in [0.717, 1.165) is 16.7 Å². The zero-order valence-electron chi connectivity index (χ0n) is 15.3. The Hall–Kier alpha value is -1.95. The lowest BCUT2D eigenvalue weighted by atomic mass is 9.80. The summed E-state index contributed by atoms with van der Waals surface area (Å²) in [6.07, 6.45) is 1.75. The van der Waals surface area contributed by atoms with Gasteiger partial charge in [0.15, 0.2) is 0 Å². The zero-order chi connectivity index (χ0) is 19.2. The molecule has 27 heavy (non-hydrogen) atoms. The summed E-state index contributed by atoms with van der Waals surface area (Å²) in [5, 5.41) is 10.7. The summed E-state index contributed by atoms with van der Waals surface area (Å²) < 4.78 is 8.42. The van der Waals surface area contributed by atoms with Crippen LogP contribution in [0.25, 0.3) is 0 Å². The maximum atomic E-state index is 10.7. The largest absolute Gasteiger partial charge is 0.384 e. The molecule has 3 aromatic rings. The maximum Gasteiger partial charge on any atom is 0.143 e. The number of halogens is 1. The summed E-state index contributed by atoms with van der Waals surface area (Å²) in [6.45, 7) is 1.92. The van der Waals surface area contributed by atoms with Crippen molar-refractivity contribution in [3.63, 3.8) is 0 Å². The van der Waals surface area contributed by atoms with Crippen molar-refractivity contribution < 1.29 is 9.84 Å². The number of aliphatic hydroxyl groups is 1. The van der Waals surface area contributed by atoms with Crippen LogP contribution in [0.1, 0.15) is 23.6 Å². The lowest BCUT2D eigenvalue weighted by Crippen LogP contribution is -2.39. The molecule has 1 N–H and O–H groups in total. The standard InChI is InChI=1S/C24H23IO2/c1-23(26,17-18-25)19-27-24(20-11-5-2-6-12-20,21-13-7-3-8-14-21)22-15-9-4-10-16-22/h2-18,26H,19H2,1H3/b18-17+/t23-/m1/s1. The van der Waals surface area contributed by atoms with E-state index in [0.29, 0.717) is 0 Å². The first-order chi connectivity index (χ1) is 13.1. The average Bonchev–Trinajstić information content (AvgIpc) is 2.71. The quantitative estimate of drug-likeness (QED) is 0.355. The van der Waals surface area contributed by atoms with Crippen LogP contribution in [0, 0.1) is 0 Å². The molecule has 3 rings (SSSR count). The fourth-order valence-electron chi connectivity index (χ4n) is 3.21. The number of hydrogen-bond donors (Lipinski definition) is 1. The Kier molecular flexibility index (Phi) is 6.47. The van der Waals surface area contributed by atoms with E-state index in [1.54, 1.807) is 13.0 Å². The van der Waals surface area contributed by atoms with Crippen LogP contribution in [0.2, 0.25) is 0 Å². The normalized spacial score (nSPS) is 14.2. The van der Waals surface area contributed by atoms with Crippen molar-refractivity contribution in [1.82, 2.24) is 0 Å². The molecular formula is C24H23IO2. The van der Waals surface area contributed by atoms with Crippen LogP contribution in [0.3, 0.4) is 0 Å². The van der Waals surface area contributed by atoms with Gasteiger partial charge in [-0.3, -0.25) is 0 Å². The van der Waals surface area contributed by atoms with Gasteiger partial charge in [0.05, 0.1) is 6.61 Å². The van der Waals surface area contributed by atoms with Gasteiger partial charge in [0.2, 0.25) is 0 Å². The molecule has 0 bridgehead atoms. The molecule has 0 aliphatic carbocycles. The first kappa shape index (κ1) is 19.8. The van der Waals surface area contributed by atoms with E-state index in [1.165, 1.54) is 0 Å². The Morgan fingerprint density at radius 1 is 0.778 bits per heavy atom. The molecule has 3 aromatic carbocycles. The predicted octanol–water partition coefficient (Wildman–Crippen LogP) is 5.69. The van der Waals surface area contributed by atoms with Crippen LogP contribution in [0.4, 0.5) is 0 Å². The zero-order valence-corrected chi connectivity index (χ0v) is 17.4. The second-order valence-electron chi connectivity index (χ2n) is 6.72. The smallest absolute Gasteiger partial charge is 0.143 e. The monoisotopic (exact) mass is 470 g/mol. The van der Waals surface area contributed by atoms with Gasteiger partial charge in [0.25, 0.3) is 0 Å². The van der Waals surface area contributed by atoms with E-state index in [4.69, 9.17) is 4.74 Å². The van der Waals surface area contributed by atoms with E-state index in [-0.39, 0.29) is 6.61 Å². The molecule has 0 heterocycles. The molecule has 138 valence electrons. The molecule has 0 spiro atoms. The third-order valence-electron chi connectivity index (χ3n) is 4.54. The summed E-state index contributed by atoms with van der Waals surface area (Å²) in [4.78, 5) is 0. The predicted molar refractivity (Wildman–Crippen MR) is 119 cm³/mol. The van der Waals surface area contributed by atoms with Crippen LogP contribution in [0.15, 0.2) is 101 Å². The van der Waals surface area contributed by atoms with Crippen molar-refractivity contribution in [2.45, 2.75) is 18.1 Å². The van der Waals surface area contributed by atoms with Crippen LogP contribution in [-0.2, 0) is 10.3 Å². The molecule has 0 amide bonds. The lowest BCUT2D eigenvalue weighted by Gasteiger charge is -2.37. The van der Waals surface area contributed by atoms with Crippen molar-refractivity contribution in [2.24, 2.45) is 0 Å². The van der Waals surface area contributed by atoms with Gasteiger partial charge >= 0.3 is 0 Å². The third-order valence-corrected chi connectivity index (χ3v) is 4.90. The molecule has 1 atom stereocenters. The van der Waals surface area contributed by atoms with Gasteiger partial charge in [-0.2, -0.15) is 0 Å². The minimum atomic E-state index is -1.06. The summed E-state index contributed by atoms with van der Waals surface area (Å²) in [5.41, 5.74) is 1.20. The SMILES string of the molecule is C[C@@](O)(/C=C/I)COC(c1ccccc1)(c1ccccc1)c1ccccc1. The van der Waals surface area contributed by atoms with Crippen molar-refractivity contribution in [2.75, 3.05) is 6.61 Å². The highest BCUT2D eigenvalue weighted by atomic mass is 127. The Labute approximate surface area is 174 Å². The van der Waals surface area contributed by atoms with Crippen molar-refractivity contribution in [3.05, 3.63) is 118 Å². The molecule has 0 fully saturated rings. The molecule has 0 radical (unpaired) electrons. The fourth-order valence-corrected chi connectivity index (χ4v) is 3.98. The van der Waals surface area contributed by atoms with Gasteiger partial charge in [0.1, 0.15) is 11.2 Å². The molecule has 0 aromatic heterocycles. The highest BCUT2D eigenvalue weighted by Gasteiger charge is 2.39. The number of rotatable bonds is 7. The maximum absolute atomic E-state index is 10.7. The van der Waals surface area contributed by atoms with Gasteiger partial charge < -0.3 is 9.84 Å². The van der Waals surface area contributed by atoms with Crippen molar-refractivity contribution >= 4 is 22.6 Å². The van der Waals surface area contributed by atoms with E-state index < -0.39 is 11.2 Å². The molecular weight excluding hydrogens is 447 g/mol. The number of hydrogen-bond acceptors (Lipinski definition) is 2. The second-order valence-corrected chi connectivity index (χ2v) is 7.44. The first-order valence-corrected chi connectivity index (χ1v) is 10.1. The Balaban J connectivity index is 2.20.